The van der Waals surface area contributed by atoms with Gasteiger partial charge in [-0.3, -0.25) is 9.88 Å². The average molecular weight is 287 g/mol. The molecule has 1 saturated heterocycles. The molecule has 0 radical (unpaired) electrons. The standard InChI is InChI=1S/C15H21N5O/c1-2-5-13(20-10-8-16-9-11-20)14-18-15(21-19-14)12-6-3-4-7-17-12/h3-4,6-7,13,16H,2,5,8-11H2,1H3. The van der Waals surface area contributed by atoms with Gasteiger partial charge in [0.25, 0.3) is 5.89 Å². The number of hydrogen-bond acceptors (Lipinski definition) is 6. The highest BCUT2D eigenvalue weighted by Gasteiger charge is 2.26. The van der Waals surface area contributed by atoms with E-state index in [9.17, 15) is 0 Å². The predicted molar refractivity (Wildman–Crippen MR) is 79.6 cm³/mol. The summed E-state index contributed by atoms with van der Waals surface area (Å²) in [4.78, 5) is 11.3. The Hall–Kier alpha value is -1.79. The number of hydrogen-bond donors (Lipinski definition) is 1. The lowest BCUT2D eigenvalue weighted by Crippen LogP contribution is -2.45. The van der Waals surface area contributed by atoms with E-state index in [1.54, 1.807) is 6.20 Å². The fraction of sp³-hybridized carbons (Fsp3) is 0.533. The number of piperazine rings is 1. The molecule has 1 N–H and O–H groups in total. The van der Waals surface area contributed by atoms with Gasteiger partial charge in [-0.05, 0) is 18.6 Å². The zero-order valence-electron chi connectivity index (χ0n) is 12.3. The van der Waals surface area contributed by atoms with Crippen molar-refractivity contribution < 1.29 is 4.52 Å². The Kier molecular flexibility index (Phi) is 4.57. The highest BCUT2D eigenvalue weighted by atomic mass is 16.5. The number of rotatable bonds is 5. The first-order chi connectivity index (χ1) is 10.4. The van der Waals surface area contributed by atoms with Crippen molar-refractivity contribution in [3.8, 4) is 11.6 Å². The minimum atomic E-state index is 0.235. The van der Waals surface area contributed by atoms with Crippen molar-refractivity contribution in [3.63, 3.8) is 0 Å². The summed E-state index contributed by atoms with van der Waals surface area (Å²) in [6, 6.07) is 5.92. The molecule has 21 heavy (non-hydrogen) atoms. The molecule has 0 saturated carbocycles. The quantitative estimate of drug-likeness (QED) is 0.905. The second-order valence-electron chi connectivity index (χ2n) is 5.26. The second kappa shape index (κ2) is 6.78. The molecule has 2 aromatic rings. The summed E-state index contributed by atoms with van der Waals surface area (Å²) >= 11 is 0. The van der Waals surface area contributed by atoms with Crippen LogP contribution in [0.3, 0.4) is 0 Å². The molecule has 1 unspecified atom stereocenters. The lowest BCUT2D eigenvalue weighted by Gasteiger charge is -2.33. The molecule has 1 aliphatic rings. The molecule has 0 bridgehead atoms. The first-order valence-electron chi connectivity index (χ1n) is 7.58. The predicted octanol–water partition coefficient (Wildman–Crippen LogP) is 1.88. The molecule has 6 heteroatoms. The minimum absolute atomic E-state index is 0.235. The first-order valence-corrected chi connectivity index (χ1v) is 7.58. The number of nitrogens with one attached hydrogen (secondary N) is 1. The van der Waals surface area contributed by atoms with Crippen molar-refractivity contribution >= 4 is 0 Å². The normalized spacial score (nSPS) is 17.8. The molecular weight excluding hydrogens is 266 g/mol. The maximum atomic E-state index is 5.40. The van der Waals surface area contributed by atoms with Gasteiger partial charge < -0.3 is 9.84 Å². The highest BCUT2D eigenvalue weighted by Crippen LogP contribution is 2.25. The molecule has 0 aliphatic carbocycles. The molecule has 3 rings (SSSR count). The van der Waals surface area contributed by atoms with Gasteiger partial charge in [-0.1, -0.05) is 24.6 Å². The van der Waals surface area contributed by atoms with Gasteiger partial charge in [-0.25, -0.2) is 0 Å². The summed E-state index contributed by atoms with van der Waals surface area (Å²) in [7, 11) is 0. The van der Waals surface area contributed by atoms with Gasteiger partial charge in [0.05, 0.1) is 6.04 Å². The molecule has 112 valence electrons. The number of aromatic nitrogens is 3. The number of pyridine rings is 1. The fourth-order valence-corrected chi connectivity index (χ4v) is 2.71. The van der Waals surface area contributed by atoms with Crippen LogP contribution in [-0.2, 0) is 0 Å². The van der Waals surface area contributed by atoms with Gasteiger partial charge in [0.1, 0.15) is 5.69 Å². The molecule has 1 atom stereocenters. The molecule has 1 aliphatic heterocycles. The Balaban J connectivity index is 1.81. The molecular formula is C15H21N5O. The van der Waals surface area contributed by atoms with Crippen molar-refractivity contribution in [2.45, 2.75) is 25.8 Å². The molecule has 1 fully saturated rings. The Morgan fingerprint density at radius 1 is 1.33 bits per heavy atom. The van der Waals surface area contributed by atoms with E-state index >= 15 is 0 Å². The molecule has 2 aromatic heterocycles. The summed E-state index contributed by atoms with van der Waals surface area (Å²) in [5.74, 6) is 1.28. The molecule has 6 nitrogen and oxygen atoms in total. The summed E-state index contributed by atoms with van der Waals surface area (Å²) < 4.78 is 5.40. The van der Waals surface area contributed by atoms with Crippen molar-refractivity contribution in [1.29, 1.82) is 0 Å². The van der Waals surface area contributed by atoms with Gasteiger partial charge in [0, 0.05) is 32.4 Å². The third-order valence-corrected chi connectivity index (χ3v) is 3.78. The van der Waals surface area contributed by atoms with Crippen molar-refractivity contribution in [1.82, 2.24) is 25.3 Å². The lowest BCUT2D eigenvalue weighted by atomic mass is 10.1. The zero-order valence-corrected chi connectivity index (χ0v) is 12.3. The summed E-state index contributed by atoms with van der Waals surface area (Å²) in [6.45, 7) is 6.28. The van der Waals surface area contributed by atoms with Gasteiger partial charge in [0.15, 0.2) is 5.82 Å². The minimum Gasteiger partial charge on any atom is -0.332 e. The second-order valence-corrected chi connectivity index (χ2v) is 5.26. The SMILES string of the molecule is CCCC(c1noc(-c2ccccn2)n1)N1CCNCC1. The van der Waals surface area contributed by atoms with E-state index in [0.717, 1.165) is 50.5 Å². The molecule has 0 amide bonds. The van der Waals surface area contributed by atoms with Crippen molar-refractivity contribution in [2.75, 3.05) is 26.2 Å². The van der Waals surface area contributed by atoms with Gasteiger partial charge >= 0.3 is 0 Å². The summed E-state index contributed by atoms with van der Waals surface area (Å²) in [5, 5.41) is 7.58. The Labute approximate surface area is 124 Å². The third-order valence-electron chi connectivity index (χ3n) is 3.78. The monoisotopic (exact) mass is 287 g/mol. The molecule has 0 aromatic carbocycles. The zero-order chi connectivity index (χ0) is 14.5. The third kappa shape index (κ3) is 3.28. The van der Waals surface area contributed by atoms with E-state index in [4.69, 9.17) is 4.52 Å². The van der Waals surface area contributed by atoms with Crippen LogP contribution in [0.4, 0.5) is 0 Å². The maximum absolute atomic E-state index is 5.40. The van der Waals surface area contributed by atoms with Crippen molar-refractivity contribution in [2.24, 2.45) is 0 Å². The van der Waals surface area contributed by atoms with E-state index in [0.29, 0.717) is 5.89 Å². The van der Waals surface area contributed by atoms with Gasteiger partial charge in [-0.2, -0.15) is 4.98 Å². The van der Waals surface area contributed by atoms with E-state index in [2.05, 4.69) is 32.3 Å². The maximum Gasteiger partial charge on any atom is 0.276 e. The summed E-state index contributed by atoms with van der Waals surface area (Å²) in [6.07, 6.45) is 3.88. The van der Waals surface area contributed by atoms with Crippen LogP contribution < -0.4 is 5.32 Å². The first kappa shape index (κ1) is 14.2. The largest absolute Gasteiger partial charge is 0.332 e. The van der Waals surface area contributed by atoms with E-state index in [1.165, 1.54) is 0 Å². The molecule has 0 spiro atoms. The van der Waals surface area contributed by atoms with Crippen LogP contribution in [0, 0.1) is 0 Å². The Bertz CT molecular complexity index is 550. The molecule has 3 heterocycles. The van der Waals surface area contributed by atoms with Gasteiger partial charge in [-0.15, -0.1) is 0 Å². The number of nitrogens with zero attached hydrogens (tertiary/aromatic N) is 4. The smallest absolute Gasteiger partial charge is 0.276 e. The Morgan fingerprint density at radius 2 is 2.19 bits per heavy atom. The van der Waals surface area contributed by atoms with Crippen LogP contribution >= 0.6 is 0 Å². The lowest BCUT2D eigenvalue weighted by molar-refractivity contribution is 0.155. The van der Waals surface area contributed by atoms with E-state index < -0.39 is 0 Å². The highest BCUT2D eigenvalue weighted by molar-refractivity contribution is 5.45. The van der Waals surface area contributed by atoms with Crippen LogP contribution in [0.15, 0.2) is 28.9 Å². The topological polar surface area (TPSA) is 67.1 Å². The van der Waals surface area contributed by atoms with Crippen molar-refractivity contribution in [3.05, 3.63) is 30.2 Å². The van der Waals surface area contributed by atoms with Gasteiger partial charge in [0.2, 0.25) is 0 Å². The van der Waals surface area contributed by atoms with Crippen LogP contribution in [-0.4, -0.2) is 46.2 Å². The van der Waals surface area contributed by atoms with Crippen LogP contribution in [0.25, 0.3) is 11.6 Å². The summed E-state index contributed by atoms with van der Waals surface area (Å²) in [5.41, 5.74) is 0.729. The Morgan fingerprint density at radius 3 is 2.90 bits per heavy atom. The van der Waals surface area contributed by atoms with E-state index in [1.807, 2.05) is 18.2 Å². The average Bonchev–Trinajstić information content (AvgIpc) is 3.04. The van der Waals surface area contributed by atoms with E-state index in [-0.39, 0.29) is 6.04 Å². The van der Waals surface area contributed by atoms with Crippen LogP contribution in [0.1, 0.15) is 31.6 Å². The fourth-order valence-electron chi connectivity index (χ4n) is 2.71. The van der Waals surface area contributed by atoms with Crippen LogP contribution in [0.2, 0.25) is 0 Å². The van der Waals surface area contributed by atoms with Crippen LogP contribution in [0.5, 0.6) is 0 Å².